The molecule has 0 saturated carbocycles. The van der Waals surface area contributed by atoms with Crippen molar-refractivity contribution in [1.29, 1.82) is 0 Å². The molecule has 1 heterocycles. The van der Waals surface area contributed by atoms with Crippen molar-refractivity contribution < 1.29 is 19.3 Å². The Kier molecular flexibility index (Phi) is 3.00. The summed E-state index contributed by atoms with van der Waals surface area (Å²) in [6, 6.07) is 0. The fourth-order valence-corrected chi connectivity index (χ4v) is 1.80. The largest absolute Gasteiger partial charge is 0.275 e. The second kappa shape index (κ2) is 3.71. The molecule has 6 heteroatoms. The van der Waals surface area contributed by atoms with Gasteiger partial charge in [0.15, 0.2) is 0 Å². The van der Waals surface area contributed by atoms with Gasteiger partial charge in [0, 0.05) is 0 Å². The van der Waals surface area contributed by atoms with Gasteiger partial charge in [-0.3, -0.25) is 19.3 Å². The molecule has 0 bridgehead atoms. The Morgan fingerprint density at radius 3 is 1.25 bits per heavy atom. The summed E-state index contributed by atoms with van der Waals surface area (Å²) in [5.41, 5.74) is -2.14. The number of carbonyl (C=O) groups is 2. The molecule has 0 spiro atoms. The Balaban J connectivity index is 3.25. The van der Waals surface area contributed by atoms with E-state index < -0.39 is 11.1 Å². The molecule has 1 rings (SSSR count). The van der Waals surface area contributed by atoms with Crippen molar-refractivity contribution >= 4 is 11.8 Å². The lowest BCUT2D eigenvalue weighted by atomic mass is 9.91. The lowest BCUT2D eigenvalue weighted by molar-refractivity contribution is -0.269. The zero-order chi connectivity index (χ0) is 12.7. The lowest BCUT2D eigenvalue weighted by Gasteiger charge is -2.49. The van der Waals surface area contributed by atoms with Gasteiger partial charge in [0.1, 0.15) is 11.1 Å². The molecule has 0 radical (unpaired) electrons. The maximum atomic E-state index is 12.1. The smallest absolute Gasteiger partial charge is 0.273 e. The van der Waals surface area contributed by atoms with Gasteiger partial charge in [-0.1, -0.05) is 0 Å². The molecule has 6 nitrogen and oxygen atoms in total. The van der Waals surface area contributed by atoms with E-state index in [1.54, 1.807) is 27.7 Å². The molecule has 1 fully saturated rings. The third-order valence-electron chi connectivity index (χ3n) is 2.80. The molecule has 0 aliphatic carbocycles. The Bertz CT molecular complexity index is 293. The summed E-state index contributed by atoms with van der Waals surface area (Å²) in [6.45, 7) is 6.44. The van der Waals surface area contributed by atoms with Gasteiger partial charge in [-0.05, 0) is 27.7 Å². The van der Waals surface area contributed by atoms with Gasteiger partial charge in [-0.2, -0.15) is 0 Å². The summed E-state index contributed by atoms with van der Waals surface area (Å²) in [4.78, 5) is 34.3. The number of piperazine rings is 1. The zero-order valence-corrected chi connectivity index (χ0v) is 10.5. The lowest BCUT2D eigenvalue weighted by Crippen LogP contribution is -2.72. The van der Waals surface area contributed by atoms with E-state index in [1.165, 1.54) is 14.2 Å². The summed E-state index contributed by atoms with van der Waals surface area (Å²) >= 11 is 0. The predicted octanol–water partition coefficient (Wildman–Crippen LogP) is 0.337. The maximum absolute atomic E-state index is 12.1. The molecule has 1 aliphatic rings. The van der Waals surface area contributed by atoms with Crippen LogP contribution in [0.4, 0.5) is 0 Å². The minimum absolute atomic E-state index is 0.318. The third-order valence-corrected chi connectivity index (χ3v) is 2.80. The first-order valence-electron chi connectivity index (χ1n) is 4.98. The van der Waals surface area contributed by atoms with Gasteiger partial charge in [-0.25, -0.2) is 10.1 Å². The summed E-state index contributed by atoms with van der Waals surface area (Å²) in [5.74, 6) is -0.636. The molecule has 92 valence electrons. The first kappa shape index (κ1) is 12.9. The molecule has 0 N–H and O–H groups in total. The number of hydroxylamine groups is 4. The quantitative estimate of drug-likeness (QED) is 0.686. The number of hydrogen-bond acceptors (Lipinski definition) is 4. The van der Waals surface area contributed by atoms with Crippen LogP contribution in [0.2, 0.25) is 0 Å². The van der Waals surface area contributed by atoms with Crippen molar-refractivity contribution in [3.63, 3.8) is 0 Å². The van der Waals surface area contributed by atoms with Gasteiger partial charge >= 0.3 is 0 Å². The average Bonchev–Trinajstić information content (AvgIpc) is 2.17. The molecule has 2 amide bonds. The van der Waals surface area contributed by atoms with Crippen LogP contribution in [0.25, 0.3) is 0 Å². The van der Waals surface area contributed by atoms with Crippen LogP contribution in [0.3, 0.4) is 0 Å². The van der Waals surface area contributed by atoms with E-state index in [1.807, 2.05) is 0 Å². The molecule has 1 saturated heterocycles. The van der Waals surface area contributed by atoms with E-state index in [0.29, 0.717) is 0 Å². The number of hydrogen-bond donors (Lipinski definition) is 0. The normalized spacial score (nSPS) is 23.9. The van der Waals surface area contributed by atoms with Crippen molar-refractivity contribution in [3.05, 3.63) is 0 Å². The molecular formula is C10H18N2O4. The summed E-state index contributed by atoms with van der Waals surface area (Å²) in [6.07, 6.45) is 0. The van der Waals surface area contributed by atoms with Crippen LogP contribution in [0.1, 0.15) is 27.7 Å². The minimum Gasteiger partial charge on any atom is -0.273 e. The second-order valence-corrected chi connectivity index (χ2v) is 4.68. The van der Waals surface area contributed by atoms with E-state index in [4.69, 9.17) is 9.68 Å². The van der Waals surface area contributed by atoms with E-state index in [-0.39, 0.29) is 11.8 Å². The van der Waals surface area contributed by atoms with Crippen molar-refractivity contribution in [2.75, 3.05) is 14.2 Å². The highest BCUT2D eigenvalue weighted by atomic mass is 16.7. The Hall–Kier alpha value is -1.14. The zero-order valence-electron chi connectivity index (χ0n) is 10.5. The summed E-state index contributed by atoms with van der Waals surface area (Å²) in [7, 11) is 2.73. The second-order valence-electron chi connectivity index (χ2n) is 4.68. The van der Waals surface area contributed by atoms with Crippen LogP contribution >= 0.6 is 0 Å². The molecule has 0 aromatic carbocycles. The highest BCUT2D eigenvalue weighted by Gasteiger charge is 2.56. The van der Waals surface area contributed by atoms with Crippen molar-refractivity contribution in [3.8, 4) is 0 Å². The van der Waals surface area contributed by atoms with Crippen LogP contribution in [-0.2, 0) is 19.3 Å². The van der Waals surface area contributed by atoms with E-state index in [0.717, 1.165) is 10.1 Å². The predicted molar refractivity (Wildman–Crippen MR) is 55.9 cm³/mol. The van der Waals surface area contributed by atoms with Crippen molar-refractivity contribution in [2.45, 2.75) is 38.8 Å². The van der Waals surface area contributed by atoms with Crippen LogP contribution in [-0.4, -0.2) is 47.2 Å². The van der Waals surface area contributed by atoms with Gasteiger partial charge in [-0.15, -0.1) is 0 Å². The van der Waals surface area contributed by atoms with E-state index >= 15 is 0 Å². The van der Waals surface area contributed by atoms with Gasteiger partial charge in [0.05, 0.1) is 14.2 Å². The van der Waals surface area contributed by atoms with Crippen LogP contribution < -0.4 is 0 Å². The number of amides is 2. The van der Waals surface area contributed by atoms with Gasteiger partial charge in [0.2, 0.25) is 0 Å². The molecule has 0 aromatic heterocycles. The third kappa shape index (κ3) is 1.49. The fraction of sp³-hybridized carbons (Fsp3) is 0.800. The topological polar surface area (TPSA) is 59.1 Å². The Labute approximate surface area is 95.0 Å². The summed E-state index contributed by atoms with van der Waals surface area (Å²) in [5, 5.41) is 2.18. The number of nitrogens with zero attached hydrogens (tertiary/aromatic N) is 2. The first-order valence-corrected chi connectivity index (χ1v) is 4.98. The standard InChI is InChI=1S/C10H18N2O4/c1-9(2)7(13)12(16-6)10(3,4)8(14)11(9)15-5/h1-6H3. The van der Waals surface area contributed by atoms with Crippen LogP contribution in [0, 0.1) is 0 Å². The molecule has 0 aromatic rings. The summed E-state index contributed by atoms with van der Waals surface area (Å²) < 4.78 is 0. The van der Waals surface area contributed by atoms with Crippen molar-refractivity contribution in [1.82, 2.24) is 10.1 Å². The van der Waals surface area contributed by atoms with Crippen LogP contribution in [0.15, 0.2) is 0 Å². The number of carbonyl (C=O) groups excluding carboxylic acids is 2. The molecule has 16 heavy (non-hydrogen) atoms. The highest BCUT2D eigenvalue weighted by Crippen LogP contribution is 2.32. The van der Waals surface area contributed by atoms with Gasteiger partial charge < -0.3 is 0 Å². The van der Waals surface area contributed by atoms with E-state index in [2.05, 4.69) is 0 Å². The molecular weight excluding hydrogens is 212 g/mol. The first-order chi connectivity index (χ1) is 7.21. The minimum atomic E-state index is -1.07. The Morgan fingerprint density at radius 1 is 0.812 bits per heavy atom. The number of rotatable bonds is 2. The maximum Gasteiger partial charge on any atom is 0.275 e. The fourth-order valence-electron chi connectivity index (χ4n) is 1.80. The van der Waals surface area contributed by atoms with Gasteiger partial charge in [0.25, 0.3) is 11.8 Å². The molecule has 0 unspecified atom stereocenters. The monoisotopic (exact) mass is 230 g/mol. The highest BCUT2D eigenvalue weighted by molar-refractivity contribution is 6.00. The molecule has 1 aliphatic heterocycles. The average molecular weight is 230 g/mol. The van der Waals surface area contributed by atoms with Crippen LogP contribution in [0.5, 0.6) is 0 Å². The Morgan fingerprint density at radius 2 is 1.06 bits per heavy atom. The molecule has 0 atom stereocenters. The van der Waals surface area contributed by atoms with Crippen molar-refractivity contribution in [2.24, 2.45) is 0 Å². The van der Waals surface area contributed by atoms with E-state index in [9.17, 15) is 9.59 Å². The SMILES string of the molecule is CON1C(=O)C(C)(C)N(OC)C(=O)C1(C)C.